The lowest BCUT2D eigenvalue weighted by Crippen LogP contribution is -2.38. The van der Waals surface area contributed by atoms with Crippen molar-refractivity contribution < 1.29 is 14.3 Å². The quantitative estimate of drug-likeness (QED) is 0.849. The van der Waals surface area contributed by atoms with E-state index in [1.165, 1.54) is 6.42 Å². The van der Waals surface area contributed by atoms with Gasteiger partial charge >= 0.3 is 0 Å². The van der Waals surface area contributed by atoms with E-state index in [9.17, 15) is 4.79 Å². The van der Waals surface area contributed by atoms with Crippen LogP contribution in [0.4, 0.5) is 5.69 Å². The summed E-state index contributed by atoms with van der Waals surface area (Å²) in [5.41, 5.74) is 0.785. The highest BCUT2D eigenvalue weighted by Crippen LogP contribution is 2.30. The van der Waals surface area contributed by atoms with Gasteiger partial charge in [0, 0.05) is 25.3 Å². The molecule has 3 rings (SSSR count). The molecule has 0 unspecified atom stereocenters. The molecule has 0 bridgehead atoms. The third-order valence-electron chi connectivity index (χ3n) is 3.88. The minimum Gasteiger partial charge on any atom is -0.489 e. The Hall–Kier alpha value is -1.62. The van der Waals surface area contributed by atoms with Crippen LogP contribution in [0.25, 0.3) is 0 Å². The maximum atomic E-state index is 12.4. The summed E-state index contributed by atoms with van der Waals surface area (Å²) in [6.45, 7) is 1.98. The molecule has 0 saturated carbocycles. The molecule has 108 valence electrons. The second kappa shape index (κ2) is 6.22. The van der Waals surface area contributed by atoms with E-state index in [-0.39, 0.29) is 12.0 Å². The van der Waals surface area contributed by atoms with Crippen molar-refractivity contribution in [1.29, 1.82) is 0 Å². The van der Waals surface area contributed by atoms with Crippen LogP contribution in [-0.4, -0.2) is 36.8 Å². The number of carbonyl (C=O) groups is 1. The molecule has 5 nitrogen and oxygen atoms in total. The molecule has 0 aliphatic carbocycles. The summed E-state index contributed by atoms with van der Waals surface area (Å²) >= 11 is 0. The molecule has 1 fully saturated rings. The summed E-state index contributed by atoms with van der Waals surface area (Å²) in [6.07, 6.45) is 8.41. The number of pyridine rings is 1. The van der Waals surface area contributed by atoms with Crippen molar-refractivity contribution >= 4 is 11.6 Å². The number of fused-ring (bicyclic) bond motifs is 1. The van der Waals surface area contributed by atoms with Gasteiger partial charge in [-0.2, -0.15) is 0 Å². The van der Waals surface area contributed by atoms with E-state index in [0.29, 0.717) is 19.6 Å². The Labute approximate surface area is 118 Å². The number of carbonyl (C=O) groups excluding carboxylic acids is 1. The van der Waals surface area contributed by atoms with Crippen molar-refractivity contribution in [2.45, 2.75) is 38.2 Å². The van der Waals surface area contributed by atoms with E-state index in [4.69, 9.17) is 9.47 Å². The number of hydrogen-bond acceptors (Lipinski definition) is 4. The van der Waals surface area contributed by atoms with Crippen LogP contribution < -0.4 is 9.64 Å². The van der Waals surface area contributed by atoms with Gasteiger partial charge in [0.15, 0.2) is 0 Å². The predicted octanol–water partition coefficient (Wildman–Crippen LogP) is 2.16. The van der Waals surface area contributed by atoms with Gasteiger partial charge in [-0.05, 0) is 25.7 Å². The summed E-state index contributed by atoms with van der Waals surface area (Å²) < 4.78 is 11.2. The monoisotopic (exact) mass is 276 g/mol. The second-order valence-corrected chi connectivity index (χ2v) is 5.26. The zero-order valence-corrected chi connectivity index (χ0v) is 11.6. The fraction of sp³-hybridized carbons (Fsp3) is 0.600. The molecule has 1 saturated heterocycles. The topological polar surface area (TPSA) is 51.7 Å². The molecule has 2 aliphatic heterocycles. The van der Waals surface area contributed by atoms with Crippen LogP contribution in [-0.2, 0) is 9.53 Å². The van der Waals surface area contributed by atoms with Crippen LogP contribution in [0.2, 0.25) is 0 Å². The predicted molar refractivity (Wildman–Crippen MR) is 74.9 cm³/mol. The van der Waals surface area contributed by atoms with Gasteiger partial charge in [-0.25, -0.2) is 0 Å². The molecular weight excluding hydrogens is 256 g/mol. The van der Waals surface area contributed by atoms with Gasteiger partial charge < -0.3 is 14.4 Å². The third kappa shape index (κ3) is 2.93. The highest BCUT2D eigenvalue weighted by atomic mass is 16.5. The van der Waals surface area contributed by atoms with Gasteiger partial charge in [-0.3, -0.25) is 9.78 Å². The number of amides is 1. The lowest BCUT2D eigenvalue weighted by molar-refractivity contribution is -0.119. The average Bonchev–Trinajstić information content (AvgIpc) is 2.53. The lowest BCUT2D eigenvalue weighted by atomic mass is 10.0. The minimum atomic E-state index is 0.136. The number of nitrogens with zero attached hydrogens (tertiary/aromatic N) is 2. The first kappa shape index (κ1) is 13.4. The highest BCUT2D eigenvalue weighted by Gasteiger charge is 2.24. The Kier molecular flexibility index (Phi) is 4.16. The van der Waals surface area contributed by atoms with Gasteiger partial charge in [0.25, 0.3) is 0 Å². The second-order valence-electron chi connectivity index (χ2n) is 5.26. The van der Waals surface area contributed by atoms with Gasteiger partial charge in [-0.1, -0.05) is 0 Å². The zero-order valence-electron chi connectivity index (χ0n) is 11.6. The first-order valence-corrected chi connectivity index (χ1v) is 7.33. The Morgan fingerprint density at radius 1 is 1.40 bits per heavy atom. The fourth-order valence-electron chi connectivity index (χ4n) is 2.78. The van der Waals surface area contributed by atoms with Gasteiger partial charge in [0.05, 0.1) is 18.8 Å². The number of ether oxygens (including phenoxy) is 2. The van der Waals surface area contributed by atoms with Gasteiger partial charge in [-0.15, -0.1) is 0 Å². The molecule has 0 spiro atoms. The molecule has 3 heterocycles. The number of hydrogen-bond donors (Lipinski definition) is 0. The van der Waals surface area contributed by atoms with Crippen LogP contribution >= 0.6 is 0 Å². The zero-order chi connectivity index (χ0) is 13.8. The van der Waals surface area contributed by atoms with Gasteiger partial charge in [0.2, 0.25) is 5.91 Å². The van der Waals surface area contributed by atoms with E-state index in [2.05, 4.69) is 4.98 Å². The molecule has 0 radical (unpaired) electrons. The molecule has 0 N–H and O–H groups in total. The van der Waals surface area contributed by atoms with Crippen molar-refractivity contribution in [3.8, 4) is 5.75 Å². The largest absolute Gasteiger partial charge is 0.489 e. The van der Waals surface area contributed by atoms with E-state index in [1.807, 2.05) is 0 Å². The summed E-state index contributed by atoms with van der Waals surface area (Å²) in [7, 11) is 0. The molecule has 1 aromatic rings. The first-order valence-electron chi connectivity index (χ1n) is 7.33. The fourth-order valence-corrected chi connectivity index (χ4v) is 2.78. The highest BCUT2D eigenvalue weighted by molar-refractivity contribution is 5.95. The van der Waals surface area contributed by atoms with E-state index in [0.717, 1.165) is 37.3 Å². The lowest BCUT2D eigenvalue weighted by Gasteiger charge is -2.30. The van der Waals surface area contributed by atoms with E-state index in [1.54, 1.807) is 23.4 Å². The molecule has 2 aliphatic rings. The minimum absolute atomic E-state index is 0.136. The van der Waals surface area contributed by atoms with E-state index < -0.39 is 0 Å². The standard InChI is InChI=1S/C15H20N2O3/c18-15(5-4-12-3-1-2-9-19-12)17-8-10-20-14-6-7-16-11-13(14)17/h6-7,11-12H,1-5,8-10H2/t12-/m1/s1. The summed E-state index contributed by atoms with van der Waals surface area (Å²) in [5, 5.41) is 0. The van der Waals surface area contributed by atoms with Crippen molar-refractivity contribution in [2.24, 2.45) is 0 Å². The van der Waals surface area contributed by atoms with Crippen molar-refractivity contribution in [2.75, 3.05) is 24.7 Å². The Bertz CT molecular complexity index is 472. The van der Waals surface area contributed by atoms with Crippen molar-refractivity contribution in [1.82, 2.24) is 4.98 Å². The summed E-state index contributed by atoms with van der Waals surface area (Å²) in [5.74, 6) is 0.880. The summed E-state index contributed by atoms with van der Waals surface area (Å²) in [4.78, 5) is 18.3. The number of anilines is 1. The van der Waals surface area contributed by atoms with Crippen LogP contribution in [0.5, 0.6) is 5.75 Å². The van der Waals surface area contributed by atoms with Crippen molar-refractivity contribution in [3.63, 3.8) is 0 Å². The number of rotatable bonds is 3. The van der Waals surface area contributed by atoms with Gasteiger partial charge in [0.1, 0.15) is 18.0 Å². The molecule has 1 atom stereocenters. The van der Waals surface area contributed by atoms with Crippen molar-refractivity contribution in [3.05, 3.63) is 18.5 Å². The molecular formula is C15H20N2O3. The van der Waals surface area contributed by atoms with E-state index >= 15 is 0 Å². The Morgan fingerprint density at radius 3 is 3.20 bits per heavy atom. The average molecular weight is 276 g/mol. The molecule has 1 amide bonds. The summed E-state index contributed by atoms with van der Waals surface area (Å²) in [6, 6.07) is 1.80. The molecule has 20 heavy (non-hydrogen) atoms. The Balaban J connectivity index is 1.60. The van der Waals surface area contributed by atoms with Crippen LogP contribution in [0.3, 0.4) is 0 Å². The normalized spacial score (nSPS) is 22.0. The first-order chi connectivity index (χ1) is 9.84. The van der Waals surface area contributed by atoms with Crippen LogP contribution in [0, 0.1) is 0 Å². The Morgan fingerprint density at radius 2 is 2.35 bits per heavy atom. The molecule has 5 heteroatoms. The molecule has 0 aromatic carbocycles. The maximum absolute atomic E-state index is 12.4. The maximum Gasteiger partial charge on any atom is 0.227 e. The SMILES string of the molecule is O=C(CC[C@H]1CCCCO1)N1CCOc2ccncc21. The van der Waals surface area contributed by atoms with Crippen LogP contribution in [0.1, 0.15) is 32.1 Å². The van der Waals surface area contributed by atoms with Crippen LogP contribution in [0.15, 0.2) is 18.5 Å². The number of aromatic nitrogens is 1. The molecule has 1 aromatic heterocycles. The smallest absolute Gasteiger partial charge is 0.227 e. The third-order valence-corrected chi connectivity index (χ3v) is 3.88.